The zero-order valence-electron chi connectivity index (χ0n) is 19.2. The van der Waals surface area contributed by atoms with Crippen molar-refractivity contribution in [3.63, 3.8) is 0 Å². The van der Waals surface area contributed by atoms with E-state index in [0.29, 0.717) is 16.7 Å². The van der Waals surface area contributed by atoms with E-state index in [9.17, 15) is 26.0 Å². The molecule has 0 amide bonds. The predicted octanol–water partition coefficient (Wildman–Crippen LogP) is 3.69. The summed E-state index contributed by atoms with van der Waals surface area (Å²) in [4.78, 5) is 14.9. The largest absolute Gasteiger partial charge is 0.451 e. The molecule has 194 valence electrons. The summed E-state index contributed by atoms with van der Waals surface area (Å²) < 4.78 is 80.3. The van der Waals surface area contributed by atoms with Crippen LogP contribution in [0.25, 0.3) is 22.0 Å². The van der Waals surface area contributed by atoms with Crippen LogP contribution in [-0.4, -0.2) is 46.6 Å². The first kappa shape index (κ1) is 26.3. The molecule has 0 unspecified atom stereocenters. The molecule has 0 aliphatic carbocycles. The maximum absolute atomic E-state index is 13.5. The van der Waals surface area contributed by atoms with Gasteiger partial charge in [0, 0.05) is 29.9 Å². The lowest BCUT2D eigenvalue weighted by molar-refractivity contribution is -0.145. The minimum absolute atomic E-state index is 0.0599. The summed E-state index contributed by atoms with van der Waals surface area (Å²) in [5.41, 5.74) is 1.32. The third-order valence-corrected chi connectivity index (χ3v) is 6.83. The monoisotopic (exact) mass is 536 g/mol. The topological polar surface area (TPSA) is 130 Å². The van der Waals surface area contributed by atoms with E-state index in [-0.39, 0.29) is 28.2 Å². The normalized spacial score (nSPS) is 13.0. The van der Waals surface area contributed by atoms with E-state index in [1.807, 2.05) is 0 Å². The fourth-order valence-electron chi connectivity index (χ4n) is 3.52. The van der Waals surface area contributed by atoms with Gasteiger partial charge in [0.1, 0.15) is 22.9 Å². The zero-order chi connectivity index (χ0) is 26.8. The highest BCUT2D eigenvalue weighted by atomic mass is 32.2. The van der Waals surface area contributed by atoms with E-state index in [1.165, 1.54) is 30.3 Å². The van der Waals surface area contributed by atoms with E-state index in [2.05, 4.69) is 30.0 Å². The fourth-order valence-corrected chi connectivity index (χ4v) is 4.73. The van der Waals surface area contributed by atoms with Crippen molar-refractivity contribution in [2.45, 2.75) is 24.0 Å². The van der Waals surface area contributed by atoms with Crippen molar-refractivity contribution in [2.75, 3.05) is 18.5 Å². The molecule has 0 spiro atoms. The lowest BCUT2D eigenvalue weighted by Gasteiger charge is -2.18. The summed E-state index contributed by atoms with van der Waals surface area (Å²) in [6.07, 6.45) is -1.46. The van der Waals surface area contributed by atoms with E-state index in [1.54, 1.807) is 13.0 Å². The number of nitrogens with zero attached hydrogens (tertiary/aromatic N) is 4. The molecule has 9 nitrogen and oxygen atoms in total. The summed E-state index contributed by atoms with van der Waals surface area (Å²) in [5, 5.41) is 12.4. The van der Waals surface area contributed by atoms with Crippen molar-refractivity contribution < 1.29 is 31.1 Å². The molecule has 0 bridgehead atoms. The highest BCUT2D eigenvalue weighted by molar-refractivity contribution is 7.89. The third kappa shape index (κ3) is 5.81. The first-order valence-electron chi connectivity index (χ1n) is 10.8. The molecule has 2 heterocycles. The van der Waals surface area contributed by atoms with E-state index in [4.69, 9.17) is 5.11 Å². The van der Waals surface area contributed by atoms with Crippen LogP contribution in [0.4, 0.5) is 23.4 Å². The molecule has 3 N–H and O–H groups in total. The van der Waals surface area contributed by atoms with Crippen LogP contribution in [0.1, 0.15) is 24.4 Å². The number of alkyl halides is 3. The number of sulfonamides is 1. The predicted molar refractivity (Wildman–Crippen MR) is 126 cm³/mol. The second-order valence-electron chi connectivity index (χ2n) is 7.92. The fraction of sp³-hybridized carbons (Fsp3) is 0.217. The number of aliphatic hydroxyl groups excluding tert-OH is 1. The van der Waals surface area contributed by atoms with Crippen molar-refractivity contribution >= 4 is 26.7 Å². The van der Waals surface area contributed by atoms with Crippen molar-refractivity contribution in [3.05, 3.63) is 72.3 Å². The second-order valence-corrected chi connectivity index (χ2v) is 9.66. The molecule has 2 aromatic heterocycles. The maximum Gasteiger partial charge on any atom is 0.451 e. The average molecular weight is 537 g/mol. The van der Waals surface area contributed by atoms with Gasteiger partial charge in [0.2, 0.25) is 15.8 Å². The number of benzene rings is 2. The lowest BCUT2D eigenvalue weighted by atomic mass is 10.0. The minimum Gasteiger partial charge on any atom is -0.395 e. The molecule has 4 rings (SSSR count). The first-order chi connectivity index (χ1) is 17.5. The first-order valence-corrected chi connectivity index (χ1v) is 12.3. The van der Waals surface area contributed by atoms with Crippen LogP contribution in [0.2, 0.25) is 0 Å². The minimum atomic E-state index is -4.68. The number of anilines is 1. The van der Waals surface area contributed by atoms with E-state index >= 15 is 0 Å². The van der Waals surface area contributed by atoms with Crippen molar-refractivity contribution in [1.82, 2.24) is 24.7 Å². The quantitative estimate of drug-likeness (QED) is 0.291. The number of halogens is 4. The summed E-state index contributed by atoms with van der Waals surface area (Å²) in [7, 11) is -4.13. The van der Waals surface area contributed by atoms with Crippen molar-refractivity contribution in [1.29, 1.82) is 0 Å². The van der Waals surface area contributed by atoms with Crippen LogP contribution in [-0.2, 0) is 16.2 Å². The van der Waals surface area contributed by atoms with Gasteiger partial charge in [0.25, 0.3) is 0 Å². The molecular weight excluding hydrogens is 516 g/mol. The van der Waals surface area contributed by atoms with Crippen molar-refractivity contribution in [2.24, 2.45) is 0 Å². The number of nitrogens with one attached hydrogen (secondary N) is 2. The summed E-state index contributed by atoms with van der Waals surface area (Å²) >= 11 is 0. The van der Waals surface area contributed by atoms with Gasteiger partial charge in [-0.1, -0.05) is 12.1 Å². The molecule has 2 aromatic carbocycles. The van der Waals surface area contributed by atoms with Crippen LogP contribution in [0.15, 0.2) is 60.0 Å². The molecule has 0 aliphatic rings. The molecule has 0 fully saturated rings. The van der Waals surface area contributed by atoms with Gasteiger partial charge in [0.15, 0.2) is 0 Å². The average Bonchev–Trinajstić information content (AvgIpc) is 2.87. The highest BCUT2D eigenvalue weighted by Gasteiger charge is 2.34. The van der Waals surface area contributed by atoms with Gasteiger partial charge in [-0.3, -0.25) is 0 Å². The molecule has 0 radical (unpaired) electrons. The number of aliphatic hydroxyl groups is 1. The molecule has 0 saturated heterocycles. The van der Waals surface area contributed by atoms with E-state index < -0.39 is 40.5 Å². The number of fused-ring (bicyclic) bond motifs is 1. The zero-order valence-corrected chi connectivity index (χ0v) is 20.0. The Labute approximate surface area is 208 Å². The molecule has 0 saturated carbocycles. The lowest BCUT2D eigenvalue weighted by Crippen LogP contribution is -2.27. The van der Waals surface area contributed by atoms with Gasteiger partial charge in [-0.05, 0) is 42.3 Å². The van der Waals surface area contributed by atoms with Crippen LogP contribution in [0.5, 0.6) is 0 Å². The van der Waals surface area contributed by atoms with Crippen LogP contribution < -0.4 is 10.0 Å². The number of rotatable bonds is 8. The smallest absolute Gasteiger partial charge is 0.395 e. The molecule has 4 aromatic rings. The van der Waals surface area contributed by atoms with Crippen LogP contribution >= 0.6 is 0 Å². The van der Waals surface area contributed by atoms with Gasteiger partial charge in [0.05, 0.1) is 18.2 Å². The van der Waals surface area contributed by atoms with E-state index in [0.717, 1.165) is 18.7 Å². The van der Waals surface area contributed by atoms with Gasteiger partial charge in [-0.2, -0.15) is 13.2 Å². The molecule has 0 aliphatic heterocycles. The molecular formula is C23H20F4N6O3S. The number of hydrogen-bond acceptors (Lipinski definition) is 8. The standard InChI is InChI=1S/C23H20F4N6O3S/c1-13(16-10-28-22(29-11-16)23(25,26)27)33-21-18-8-15(14-2-4-17(24)5-3-14)9-19(20(18)30-12-31-21)37(35,36)32-6-7-34/h2-5,8-13,32,34H,6-7H2,1H3,(H,30,31,33)/t13-/m1/s1. The Morgan fingerprint density at radius 1 is 1.00 bits per heavy atom. The van der Waals surface area contributed by atoms with Crippen molar-refractivity contribution in [3.8, 4) is 11.1 Å². The van der Waals surface area contributed by atoms with Crippen LogP contribution in [0.3, 0.4) is 0 Å². The Bertz CT molecular complexity index is 1520. The Hall–Kier alpha value is -3.75. The van der Waals surface area contributed by atoms with Gasteiger partial charge in [-0.25, -0.2) is 37.5 Å². The Balaban J connectivity index is 1.81. The van der Waals surface area contributed by atoms with Gasteiger partial charge < -0.3 is 10.4 Å². The summed E-state index contributed by atoms with van der Waals surface area (Å²) in [5.74, 6) is -1.55. The molecule has 14 heteroatoms. The Morgan fingerprint density at radius 3 is 2.30 bits per heavy atom. The summed E-state index contributed by atoms with van der Waals surface area (Å²) in [6.45, 7) is 0.985. The summed E-state index contributed by atoms with van der Waals surface area (Å²) in [6, 6.07) is 7.78. The third-order valence-electron chi connectivity index (χ3n) is 5.35. The SMILES string of the molecule is C[C@@H](Nc1ncnc2c(S(=O)(=O)NCCO)cc(-c3ccc(F)cc3)cc12)c1cnc(C(F)(F)F)nc1. The van der Waals surface area contributed by atoms with Gasteiger partial charge in [-0.15, -0.1) is 0 Å². The molecule has 37 heavy (non-hydrogen) atoms. The van der Waals surface area contributed by atoms with Crippen LogP contribution in [0, 0.1) is 5.82 Å². The second kappa shape index (κ2) is 10.3. The Morgan fingerprint density at radius 2 is 1.68 bits per heavy atom. The van der Waals surface area contributed by atoms with Gasteiger partial charge >= 0.3 is 6.18 Å². The Kier molecular flexibility index (Phi) is 7.34. The number of hydrogen-bond donors (Lipinski definition) is 3. The highest BCUT2D eigenvalue weighted by Crippen LogP contribution is 2.34. The maximum atomic E-state index is 13.5. The number of aromatic nitrogens is 4. The molecule has 1 atom stereocenters.